The number of carbonyl (C=O) groups excluding carboxylic acids is 1. The summed E-state index contributed by atoms with van der Waals surface area (Å²) >= 11 is 0. The van der Waals surface area contributed by atoms with Gasteiger partial charge in [0.05, 0.1) is 7.11 Å². The molecule has 1 N–H and O–H groups in total. The molecule has 1 aliphatic rings. The summed E-state index contributed by atoms with van der Waals surface area (Å²) in [7, 11) is 1.60. The first kappa shape index (κ1) is 18.0. The molecule has 6 nitrogen and oxygen atoms in total. The maximum absolute atomic E-state index is 12.6. The summed E-state index contributed by atoms with van der Waals surface area (Å²) in [6.45, 7) is 2.03. The number of benzene rings is 2. The molecule has 2 aromatic carbocycles. The predicted octanol–water partition coefficient (Wildman–Crippen LogP) is 4.00. The molecule has 1 aliphatic heterocycles. The number of methoxy groups -OCH3 is 1. The zero-order valence-electron chi connectivity index (χ0n) is 15.8. The van der Waals surface area contributed by atoms with Gasteiger partial charge in [-0.3, -0.25) is 4.79 Å². The van der Waals surface area contributed by atoms with Gasteiger partial charge in [-0.25, -0.2) is 9.97 Å². The van der Waals surface area contributed by atoms with E-state index in [1.807, 2.05) is 48.8 Å². The maximum atomic E-state index is 12.6. The van der Waals surface area contributed by atoms with Crippen LogP contribution in [0.1, 0.15) is 23.2 Å². The van der Waals surface area contributed by atoms with Crippen LogP contribution in [0.5, 0.6) is 5.75 Å². The van der Waals surface area contributed by atoms with E-state index >= 15 is 0 Å². The average Bonchev–Trinajstić information content (AvgIpc) is 3.29. The highest BCUT2D eigenvalue weighted by molar-refractivity contribution is 6.05. The van der Waals surface area contributed by atoms with Crippen molar-refractivity contribution in [2.24, 2.45) is 0 Å². The molecule has 4 rings (SSSR count). The average molecular weight is 374 g/mol. The Bertz CT molecular complexity index is 966. The van der Waals surface area contributed by atoms with Crippen molar-refractivity contribution in [1.29, 1.82) is 0 Å². The second-order valence-corrected chi connectivity index (χ2v) is 6.73. The summed E-state index contributed by atoms with van der Waals surface area (Å²) in [6.07, 6.45) is 6.02. The van der Waals surface area contributed by atoms with Crippen molar-refractivity contribution in [3.8, 4) is 16.9 Å². The third-order valence-corrected chi connectivity index (χ3v) is 4.81. The Labute approximate surface area is 164 Å². The molecule has 0 unspecified atom stereocenters. The molecule has 1 fully saturated rings. The predicted molar refractivity (Wildman–Crippen MR) is 110 cm³/mol. The zero-order chi connectivity index (χ0) is 19.3. The van der Waals surface area contributed by atoms with Gasteiger partial charge in [-0.2, -0.15) is 0 Å². The lowest BCUT2D eigenvalue weighted by molar-refractivity contribution is 0.102. The van der Waals surface area contributed by atoms with Gasteiger partial charge in [-0.15, -0.1) is 0 Å². The summed E-state index contributed by atoms with van der Waals surface area (Å²) in [4.78, 5) is 23.8. The lowest BCUT2D eigenvalue weighted by Crippen LogP contribution is -2.20. The Morgan fingerprint density at radius 2 is 1.75 bits per heavy atom. The number of nitrogens with zero attached hydrogens (tertiary/aromatic N) is 3. The molecule has 6 heteroatoms. The number of carbonyl (C=O) groups is 1. The third-order valence-electron chi connectivity index (χ3n) is 4.81. The van der Waals surface area contributed by atoms with Crippen LogP contribution in [0.25, 0.3) is 11.1 Å². The Morgan fingerprint density at radius 3 is 2.50 bits per heavy atom. The molecule has 1 saturated heterocycles. The first-order valence-corrected chi connectivity index (χ1v) is 9.36. The second kappa shape index (κ2) is 8.08. The third kappa shape index (κ3) is 3.96. The van der Waals surface area contributed by atoms with Crippen LogP contribution in [0.4, 0.5) is 11.6 Å². The number of nitrogens with one attached hydrogen (secondary N) is 1. The van der Waals surface area contributed by atoms with Crippen molar-refractivity contribution in [1.82, 2.24) is 9.97 Å². The van der Waals surface area contributed by atoms with Gasteiger partial charge >= 0.3 is 0 Å². The SMILES string of the molecule is COc1cccc(NC(=O)c2cccc(-c3cnc(N4CCCC4)nc3)c2)c1. The monoisotopic (exact) mass is 374 g/mol. The van der Waals surface area contributed by atoms with E-state index in [2.05, 4.69) is 20.2 Å². The van der Waals surface area contributed by atoms with Gasteiger partial charge in [0, 0.05) is 48.4 Å². The normalized spacial score (nSPS) is 13.4. The second-order valence-electron chi connectivity index (χ2n) is 6.73. The van der Waals surface area contributed by atoms with Crippen LogP contribution < -0.4 is 15.0 Å². The molecule has 0 bridgehead atoms. The van der Waals surface area contributed by atoms with E-state index in [-0.39, 0.29) is 5.91 Å². The number of hydrogen-bond acceptors (Lipinski definition) is 5. The smallest absolute Gasteiger partial charge is 0.255 e. The van der Waals surface area contributed by atoms with E-state index in [1.54, 1.807) is 19.2 Å². The highest BCUT2D eigenvalue weighted by Gasteiger charge is 2.15. The number of aromatic nitrogens is 2. The van der Waals surface area contributed by atoms with Crippen molar-refractivity contribution < 1.29 is 9.53 Å². The summed E-state index contributed by atoms with van der Waals surface area (Å²) in [5.74, 6) is 1.29. The fraction of sp³-hybridized carbons (Fsp3) is 0.227. The number of hydrogen-bond donors (Lipinski definition) is 1. The van der Waals surface area contributed by atoms with Crippen molar-refractivity contribution in [3.05, 3.63) is 66.5 Å². The van der Waals surface area contributed by atoms with Gasteiger partial charge in [-0.05, 0) is 42.7 Å². The molecule has 142 valence electrons. The molecule has 2 heterocycles. The number of rotatable bonds is 5. The van der Waals surface area contributed by atoms with E-state index < -0.39 is 0 Å². The molecule has 3 aromatic rings. The van der Waals surface area contributed by atoms with Gasteiger partial charge in [0.25, 0.3) is 5.91 Å². The minimum absolute atomic E-state index is 0.176. The van der Waals surface area contributed by atoms with E-state index in [0.29, 0.717) is 17.0 Å². The van der Waals surface area contributed by atoms with Crippen LogP contribution in [0.3, 0.4) is 0 Å². The minimum Gasteiger partial charge on any atom is -0.497 e. The summed E-state index contributed by atoms with van der Waals surface area (Å²) < 4.78 is 5.20. The first-order valence-electron chi connectivity index (χ1n) is 9.36. The van der Waals surface area contributed by atoms with Gasteiger partial charge in [0.15, 0.2) is 0 Å². The molecule has 0 saturated carbocycles. The van der Waals surface area contributed by atoms with Crippen LogP contribution in [0, 0.1) is 0 Å². The highest BCUT2D eigenvalue weighted by Crippen LogP contribution is 2.23. The summed E-state index contributed by atoms with van der Waals surface area (Å²) in [5.41, 5.74) is 3.06. The zero-order valence-corrected chi connectivity index (χ0v) is 15.8. The van der Waals surface area contributed by atoms with Crippen LogP contribution in [0.2, 0.25) is 0 Å². The van der Waals surface area contributed by atoms with Crippen LogP contribution in [-0.4, -0.2) is 36.1 Å². The number of anilines is 2. The van der Waals surface area contributed by atoms with Crippen LogP contribution >= 0.6 is 0 Å². The van der Waals surface area contributed by atoms with Gasteiger partial charge in [0.1, 0.15) is 5.75 Å². The molecular weight excluding hydrogens is 352 g/mol. The summed E-state index contributed by atoms with van der Waals surface area (Å²) in [6, 6.07) is 14.7. The molecular formula is C22H22N4O2. The Kier molecular flexibility index (Phi) is 5.19. The first-order chi connectivity index (χ1) is 13.7. The molecule has 1 aromatic heterocycles. The molecule has 0 spiro atoms. The van der Waals surface area contributed by atoms with Gasteiger partial charge in [0.2, 0.25) is 5.95 Å². The minimum atomic E-state index is -0.176. The number of amides is 1. The van der Waals surface area contributed by atoms with Crippen molar-refractivity contribution in [2.75, 3.05) is 30.4 Å². The van der Waals surface area contributed by atoms with Crippen molar-refractivity contribution in [2.45, 2.75) is 12.8 Å². The topological polar surface area (TPSA) is 67.3 Å². The fourth-order valence-electron chi connectivity index (χ4n) is 3.29. The Morgan fingerprint density at radius 1 is 1.00 bits per heavy atom. The van der Waals surface area contributed by atoms with E-state index in [1.165, 1.54) is 12.8 Å². The van der Waals surface area contributed by atoms with Gasteiger partial charge in [-0.1, -0.05) is 18.2 Å². The summed E-state index contributed by atoms with van der Waals surface area (Å²) in [5, 5.41) is 2.90. The maximum Gasteiger partial charge on any atom is 0.255 e. The van der Waals surface area contributed by atoms with E-state index in [9.17, 15) is 4.79 Å². The van der Waals surface area contributed by atoms with E-state index in [0.717, 1.165) is 30.2 Å². The molecule has 0 atom stereocenters. The number of ether oxygens (including phenoxy) is 1. The Balaban J connectivity index is 1.51. The van der Waals surface area contributed by atoms with Crippen LogP contribution in [-0.2, 0) is 0 Å². The van der Waals surface area contributed by atoms with Gasteiger partial charge < -0.3 is 15.0 Å². The molecule has 28 heavy (non-hydrogen) atoms. The van der Waals surface area contributed by atoms with Crippen LogP contribution in [0.15, 0.2) is 60.9 Å². The van der Waals surface area contributed by atoms with Crippen molar-refractivity contribution >= 4 is 17.5 Å². The van der Waals surface area contributed by atoms with E-state index in [4.69, 9.17) is 4.74 Å². The Hall–Kier alpha value is -3.41. The standard InChI is InChI=1S/C22H22N4O2/c1-28-20-9-5-8-19(13-20)25-21(27)17-7-4-6-16(12-17)18-14-23-22(24-15-18)26-10-2-3-11-26/h4-9,12-15H,2-3,10-11H2,1H3,(H,25,27). The highest BCUT2D eigenvalue weighted by atomic mass is 16.5. The molecule has 0 radical (unpaired) electrons. The fourth-order valence-corrected chi connectivity index (χ4v) is 3.29. The largest absolute Gasteiger partial charge is 0.497 e. The van der Waals surface area contributed by atoms with Crippen molar-refractivity contribution in [3.63, 3.8) is 0 Å². The molecule has 0 aliphatic carbocycles. The lowest BCUT2D eigenvalue weighted by atomic mass is 10.1. The lowest BCUT2D eigenvalue weighted by Gasteiger charge is -2.14. The molecule has 1 amide bonds. The quantitative estimate of drug-likeness (QED) is 0.731.